The number of carbonyl (C=O) groups is 1. The lowest BCUT2D eigenvalue weighted by Gasteiger charge is -2.18. The predicted octanol–water partition coefficient (Wildman–Crippen LogP) is 2.71. The summed E-state index contributed by atoms with van der Waals surface area (Å²) in [4.78, 5) is 10.8. The topological polar surface area (TPSA) is 80.7 Å². The quantitative estimate of drug-likeness (QED) is 0.812. The van der Waals surface area contributed by atoms with Gasteiger partial charge in [0.15, 0.2) is 9.84 Å². The smallest absolute Gasteiger partial charge is 0.179 e. The number of aliphatic hydroxyl groups is 1. The average molecular weight is 348 g/mol. The maximum atomic E-state index is 11.9. The number of aldehydes is 1. The highest BCUT2D eigenvalue weighted by Crippen LogP contribution is 2.26. The molecule has 0 unspecified atom stereocenters. The molecule has 0 fully saturated rings. The zero-order chi connectivity index (χ0) is 18.0. The molecule has 0 aliphatic heterocycles. The van der Waals surface area contributed by atoms with Gasteiger partial charge in [-0.1, -0.05) is 24.3 Å². The predicted molar refractivity (Wildman–Crippen MR) is 91.0 cm³/mol. The molecule has 6 heteroatoms. The van der Waals surface area contributed by atoms with Crippen LogP contribution >= 0.6 is 0 Å². The highest BCUT2D eigenvalue weighted by molar-refractivity contribution is 7.90. The van der Waals surface area contributed by atoms with Crippen LogP contribution in [-0.2, 0) is 22.0 Å². The van der Waals surface area contributed by atoms with Gasteiger partial charge in [0, 0.05) is 11.8 Å². The molecular formula is C18H20O5S. The summed E-state index contributed by atoms with van der Waals surface area (Å²) < 4.78 is 29.3. The Morgan fingerprint density at radius 3 is 2.25 bits per heavy atom. The minimum absolute atomic E-state index is 0.0137. The average Bonchev–Trinajstić information content (AvgIpc) is 2.51. The van der Waals surface area contributed by atoms with E-state index in [9.17, 15) is 18.3 Å². The molecule has 2 aromatic rings. The third-order valence-corrected chi connectivity index (χ3v) is 4.68. The molecule has 0 bridgehead atoms. The van der Waals surface area contributed by atoms with E-state index in [-0.39, 0.29) is 22.8 Å². The van der Waals surface area contributed by atoms with Crippen LogP contribution in [0.2, 0.25) is 0 Å². The zero-order valence-electron chi connectivity index (χ0n) is 13.8. The van der Waals surface area contributed by atoms with Gasteiger partial charge in [-0.3, -0.25) is 4.79 Å². The Bertz CT molecular complexity index is 831. The first-order chi connectivity index (χ1) is 11.1. The van der Waals surface area contributed by atoms with Crippen LogP contribution in [0.4, 0.5) is 0 Å². The van der Waals surface area contributed by atoms with Gasteiger partial charge in [-0.15, -0.1) is 0 Å². The summed E-state index contributed by atoms with van der Waals surface area (Å²) in [7, 11) is -3.51. The van der Waals surface area contributed by atoms with Crippen molar-refractivity contribution in [1.82, 2.24) is 0 Å². The number of benzene rings is 2. The van der Waals surface area contributed by atoms with Crippen molar-refractivity contribution in [2.75, 3.05) is 6.26 Å². The molecular weight excluding hydrogens is 328 g/mol. The zero-order valence-corrected chi connectivity index (χ0v) is 14.6. The Morgan fingerprint density at radius 1 is 1.12 bits per heavy atom. The van der Waals surface area contributed by atoms with Gasteiger partial charge in [0.1, 0.15) is 23.5 Å². The lowest BCUT2D eigenvalue weighted by atomic mass is 9.97. The Labute approximate surface area is 141 Å². The van der Waals surface area contributed by atoms with Gasteiger partial charge < -0.3 is 9.84 Å². The molecule has 2 rings (SSSR count). The van der Waals surface area contributed by atoms with Crippen LogP contribution in [0.5, 0.6) is 5.75 Å². The van der Waals surface area contributed by atoms with E-state index >= 15 is 0 Å². The SMILES string of the molecule is CC(C)(O)c1ccc(COc2ccc(C=O)cc2S(C)(=O)=O)cc1. The molecule has 24 heavy (non-hydrogen) atoms. The normalized spacial score (nSPS) is 12.0. The van der Waals surface area contributed by atoms with Gasteiger partial charge in [0.05, 0.1) is 5.60 Å². The summed E-state index contributed by atoms with van der Waals surface area (Å²) >= 11 is 0. The molecule has 5 nitrogen and oxygen atoms in total. The van der Waals surface area contributed by atoms with Gasteiger partial charge in [-0.25, -0.2) is 8.42 Å². The first-order valence-electron chi connectivity index (χ1n) is 7.35. The molecule has 0 saturated heterocycles. The summed E-state index contributed by atoms with van der Waals surface area (Å²) in [6.07, 6.45) is 1.66. The Hall–Kier alpha value is -2.18. The number of hydrogen-bond donors (Lipinski definition) is 1. The van der Waals surface area contributed by atoms with Crippen LogP contribution < -0.4 is 4.74 Å². The van der Waals surface area contributed by atoms with E-state index in [0.717, 1.165) is 17.4 Å². The molecule has 0 amide bonds. The van der Waals surface area contributed by atoms with Crippen molar-refractivity contribution in [3.8, 4) is 5.75 Å². The summed E-state index contributed by atoms with van der Waals surface area (Å²) in [5, 5.41) is 9.94. The number of sulfone groups is 1. The standard InChI is InChI=1S/C18H20O5S/c1-18(2,20)15-7-4-13(5-8-15)12-23-16-9-6-14(11-19)10-17(16)24(3,21)22/h4-11,20H,12H2,1-3H3. The molecule has 0 aromatic heterocycles. The van der Waals surface area contributed by atoms with Crippen LogP contribution in [0, 0.1) is 0 Å². The van der Waals surface area contributed by atoms with E-state index in [1.165, 1.54) is 18.2 Å². The van der Waals surface area contributed by atoms with Crippen LogP contribution in [0.25, 0.3) is 0 Å². The highest BCUT2D eigenvalue weighted by atomic mass is 32.2. The molecule has 128 valence electrons. The molecule has 0 heterocycles. The maximum Gasteiger partial charge on any atom is 0.179 e. The minimum Gasteiger partial charge on any atom is -0.488 e. The van der Waals surface area contributed by atoms with Crippen molar-refractivity contribution in [3.05, 3.63) is 59.2 Å². The molecule has 0 radical (unpaired) electrons. The summed E-state index contributed by atoms with van der Waals surface area (Å²) in [6, 6.07) is 11.5. The Balaban J connectivity index is 2.22. The third kappa shape index (κ3) is 4.43. The first kappa shape index (κ1) is 18.2. The van der Waals surface area contributed by atoms with E-state index < -0.39 is 15.4 Å². The minimum atomic E-state index is -3.51. The monoisotopic (exact) mass is 348 g/mol. The summed E-state index contributed by atoms with van der Waals surface area (Å²) in [5.41, 5.74) is 0.964. The van der Waals surface area contributed by atoms with Crippen LogP contribution in [-0.4, -0.2) is 26.1 Å². The second-order valence-electron chi connectivity index (χ2n) is 6.14. The molecule has 0 aliphatic carbocycles. The van der Waals surface area contributed by atoms with Gasteiger partial charge in [-0.2, -0.15) is 0 Å². The van der Waals surface area contributed by atoms with E-state index in [4.69, 9.17) is 4.74 Å². The fraction of sp³-hybridized carbons (Fsp3) is 0.278. The fourth-order valence-corrected chi connectivity index (χ4v) is 3.02. The molecule has 1 N–H and O–H groups in total. The number of rotatable bonds is 6. The van der Waals surface area contributed by atoms with E-state index in [1.807, 2.05) is 12.1 Å². The van der Waals surface area contributed by atoms with Gasteiger partial charge in [0.2, 0.25) is 0 Å². The van der Waals surface area contributed by atoms with Gasteiger partial charge in [0.25, 0.3) is 0 Å². The lowest BCUT2D eigenvalue weighted by molar-refractivity contribution is 0.0785. The van der Waals surface area contributed by atoms with Crippen molar-refractivity contribution in [2.45, 2.75) is 31.0 Å². The fourth-order valence-electron chi connectivity index (χ4n) is 2.18. The van der Waals surface area contributed by atoms with Crippen LogP contribution in [0.15, 0.2) is 47.4 Å². The molecule has 0 spiro atoms. The first-order valence-corrected chi connectivity index (χ1v) is 9.24. The van der Waals surface area contributed by atoms with E-state index in [0.29, 0.717) is 6.29 Å². The van der Waals surface area contributed by atoms with Crippen molar-refractivity contribution in [2.24, 2.45) is 0 Å². The molecule has 0 aliphatic rings. The molecule has 2 aromatic carbocycles. The second-order valence-corrected chi connectivity index (χ2v) is 8.12. The number of carbonyl (C=O) groups excluding carboxylic acids is 1. The van der Waals surface area contributed by atoms with Crippen LogP contribution in [0.3, 0.4) is 0 Å². The van der Waals surface area contributed by atoms with Crippen molar-refractivity contribution >= 4 is 16.1 Å². The van der Waals surface area contributed by atoms with Crippen molar-refractivity contribution in [1.29, 1.82) is 0 Å². The van der Waals surface area contributed by atoms with Crippen LogP contribution in [0.1, 0.15) is 35.3 Å². The van der Waals surface area contributed by atoms with E-state index in [1.54, 1.807) is 26.0 Å². The number of ether oxygens (including phenoxy) is 1. The molecule has 0 atom stereocenters. The van der Waals surface area contributed by atoms with Crippen molar-refractivity contribution < 1.29 is 23.1 Å². The Morgan fingerprint density at radius 2 is 1.75 bits per heavy atom. The Kier molecular flexibility index (Phi) is 5.11. The van der Waals surface area contributed by atoms with Gasteiger partial charge >= 0.3 is 0 Å². The highest BCUT2D eigenvalue weighted by Gasteiger charge is 2.17. The number of hydrogen-bond acceptors (Lipinski definition) is 5. The lowest BCUT2D eigenvalue weighted by Crippen LogP contribution is -2.15. The van der Waals surface area contributed by atoms with Gasteiger partial charge in [-0.05, 0) is 43.2 Å². The second kappa shape index (κ2) is 6.75. The summed E-state index contributed by atoms with van der Waals surface area (Å²) in [5.74, 6) is 0.203. The summed E-state index contributed by atoms with van der Waals surface area (Å²) in [6.45, 7) is 3.58. The maximum absolute atomic E-state index is 11.9. The third-order valence-electron chi connectivity index (χ3n) is 3.56. The molecule has 0 saturated carbocycles. The van der Waals surface area contributed by atoms with Crippen molar-refractivity contribution in [3.63, 3.8) is 0 Å². The largest absolute Gasteiger partial charge is 0.488 e. The van der Waals surface area contributed by atoms with E-state index in [2.05, 4.69) is 0 Å².